The van der Waals surface area contributed by atoms with Gasteiger partial charge in [0.25, 0.3) is 0 Å². The summed E-state index contributed by atoms with van der Waals surface area (Å²) >= 11 is 0. The summed E-state index contributed by atoms with van der Waals surface area (Å²) in [6.07, 6.45) is -11.4. The van der Waals surface area contributed by atoms with Crippen LogP contribution in [-0.2, 0) is 15.8 Å². The summed E-state index contributed by atoms with van der Waals surface area (Å²) in [4.78, 5) is 16.0. The minimum absolute atomic E-state index is 0.154. The first kappa shape index (κ1) is 19.1. The van der Waals surface area contributed by atoms with Crippen LogP contribution in [0.3, 0.4) is 0 Å². The molecule has 0 aliphatic heterocycles. The van der Waals surface area contributed by atoms with Crippen LogP contribution in [0.5, 0.6) is 0 Å². The molecule has 10 heteroatoms. The Hall–Kier alpha value is -1.97. The maximum atomic E-state index is 13.3. The molecule has 0 aromatic heterocycles. The summed E-state index contributed by atoms with van der Waals surface area (Å²) in [5.41, 5.74) is -2.08. The van der Waals surface area contributed by atoms with Crippen molar-refractivity contribution in [3.05, 3.63) is 35.4 Å². The Kier molecular flexibility index (Phi) is 5.86. The van der Waals surface area contributed by atoms with Crippen molar-refractivity contribution in [2.75, 3.05) is 13.7 Å². The molecule has 0 aliphatic carbocycles. The predicted octanol–water partition coefficient (Wildman–Crippen LogP) is 4.33. The van der Waals surface area contributed by atoms with Crippen molar-refractivity contribution in [1.29, 1.82) is 0 Å². The van der Waals surface area contributed by atoms with E-state index in [0.29, 0.717) is 12.1 Å². The molecule has 0 spiro atoms. The average Bonchev–Trinajstić information content (AvgIpc) is 2.42. The van der Waals surface area contributed by atoms with Crippen LogP contribution < -0.4 is 0 Å². The Balaban J connectivity index is 3.35. The number of hydrogen-bond donors (Lipinski definition) is 0. The number of hydroxylamine groups is 2. The van der Waals surface area contributed by atoms with Gasteiger partial charge in [-0.25, -0.2) is 4.79 Å². The topological polar surface area (TPSA) is 38.8 Å². The van der Waals surface area contributed by atoms with Gasteiger partial charge in [-0.2, -0.15) is 31.4 Å². The van der Waals surface area contributed by atoms with Gasteiger partial charge in [-0.05, 0) is 24.6 Å². The van der Waals surface area contributed by atoms with Crippen molar-refractivity contribution in [3.8, 4) is 0 Å². The van der Waals surface area contributed by atoms with Crippen LogP contribution in [0.1, 0.15) is 24.1 Å². The smallest absolute Gasteiger partial charge is 0.434 e. The van der Waals surface area contributed by atoms with Crippen LogP contribution in [0.25, 0.3) is 0 Å². The lowest BCUT2D eigenvalue weighted by Crippen LogP contribution is -2.42. The number of amides is 1. The lowest BCUT2D eigenvalue weighted by atomic mass is 10.0. The highest BCUT2D eigenvalue weighted by atomic mass is 19.4. The van der Waals surface area contributed by atoms with Crippen molar-refractivity contribution in [1.82, 2.24) is 5.06 Å². The van der Waals surface area contributed by atoms with E-state index in [4.69, 9.17) is 0 Å². The third-order valence-corrected chi connectivity index (χ3v) is 2.72. The number of carbonyl (C=O) groups is 1. The molecule has 4 nitrogen and oxygen atoms in total. The first-order valence-corrected chi connectivity index (χ1v) is 6.26. The number of nitrogens with zero attached hydrogens (tertiary/aromatic N) is 1. The standard InChI is InChI=1S/C13H13F6NO3/c1-3-23-11(21)20(22-2)10(13(17,18)19)8-5-4-6-9(7-8)12(14,15)16/h4-7,10H,3H2,1-2H3. The number of benzene rings is 1. The monoisotopic (exact) mass is 345 g/mol. The first-order valence-electron chi connectivity index (χ1n) is 6.26. The van der Waals surface area contributed by atoms with Crippen LogP contribution in [0, 0.1) is 0 Å². The van der Waals surface area contributed by atoms with Crippen LogP contribution in [-0.4, -0.2) is 31.0 Å². The molecule has 0 saturated carbocycles. The second-order valence-electron chi connectivity index (χ2n) is 4.27. The van der Waals surface area contributed by atoms with E-state index >= 15 is 0 Å². The number of carbonyl (C=O) groups excluding carboxylic acids is 1. The van der Waals surface area contributed by atoms with Crippen molar-refractivity contribution in [2.24, 2.45) is 0 Å². The van der Waals surface area contributed by atoms with E-state index in [2.05, 4.69) is 9.57 Å². The summed E-state index contributed by atoms with van der Waals surface area (Å²) in [6.45, 7) is 1.13. The Morgan fingerprint density at radius 1 is 1.22 bits per heavy atom. The average molecular weight is 345 g/mol. The van der Waals surface area contributed by atoms with Crippen LogP contribution >= 0.6 is 0 Å². The van der Waals surface area contributed by atoms with Gasteiger partial charge < -0.3 is 4.74 Å². The molecule has 1 aromatic rings. The molecule has 1 atom stereocenters. The number of halogens is 6. The van der Waals surface area contributed by atoms with Crippen LogP contribution in [0.15, 0.2) is 24.3 Å². The van der Waals surface area contributed by atoms with Gasteiger partial charge in [0.05, 0.1) is 19.3 Å². The highest BCUT2D eigenvalue weighted by Gasteiger charge is 2.48. The second kappa shape index (κ2) is 7.07. The minimum atomic E-state index is -5.08. The zero-order valence-corrected chi connectivity index (χ0v) is 12.0. The molecule has 130 valence electrons. The molecular weight excluding hydrogens is 332 g/mol. The first-order chi connectivity index (χ1) is 10.5. The van der Waals surface area contributed by atoms with Gasteiger partial charge in [0.15, 0.2) is 6.04 Å². The molecule has 0 heterocycles. The fourth-order valence-electron chi connectivity index (χ4n) is 1.81. The molecule has 0 aliphatic rings. The summed E-state index contributed by atoms with van der Waals surface area (Å²) in [5.74, 6) is 0. The van der Waals surface area contributed by atoms with E-state index in [1.165, 1.54) is 6.92 Å². The van der Waals surface area contributed by atoms with E-state index in [0.717, 1.165) is 19.2 Å². The zero-order chi connectivity index (χ0) is 17.8. The highest BCUT2D eigenvalue weighted by Crippen LogP contribution is 2.40. The molecule has 1 amide bonds. The zero-order valence-electron chi connectivity index (χ0n) is 12.0. The van der Waals surface area contributed by atoms with Gasteiger partial charge >= 0.3 is 18.4 Å². The highest BCUT2D eigenvalue weighted by molar-refractivity contribution is 5.67. The Morgan fingerprint density at radius 2 is 1.83 bits per heavy atom. The fourth-order valence-corrected chi connectivity index (χ4v) is 1.81. The molecule has 1 aromatic carbocycles. The molecule has 0 fully saturated rings. The summed E-state index contributed by atoms with van der Waals surface area (Å²) < 4.78 is 82.2. The quantitative estimate of drug-likeness (QED) is 0.602. The van der Waals surface area contributed by atoms with Crippen molar-refractivity contribution in [3.63, 3.8) is 0 Å². The fraction of sp³-hybridized carbons (Fsp3) is 0.462. The van der Waals surface area contributed by atoms with Crippen molar-refractivity contribution in [2.45, 2.75) is 25.3 Å². The van der Waals surface area contributed by atoms with Crippen molar-refractivity contribution >= 4 is 6.09 Å². The van der Waals surface area contributed by atoms with E-state index in [-0.39, 0.29) is 11.7 Å². The molecule has 1 unspecified atom stereocenters. The SMILES string of the molecule is CCOC(=O)N(OC)C(c1cccc(C(F)(F)F)c1)C(F)(F)F. The lowest BCUT2D eigenvalue weighted by Gasteiger charge is -2.30. The molecular formula is C13H13F6NO3. The van der Waals surface area contributed by atoms with Crippen molar-refractivity contribution < 1.29 is 40.7 Å². The Bertz CT molecular complexity index is 543. The van der Waals surface area contributed by atoms with Gasteiger partial charge in [0.1, 0.15) is 0 Å². The second-order valence-corrected chi connectivity index (χ2v) is 4.27. The molecule has 0 N–H and O–H groups in total. The largest absolute Gasteiger partial charge is 0.448 e. The number of rotatable bonds is 4. The molecule has 0 saturated heterocycles. The third kappa shape index (κ3) is 4.75. The molecule has 0 bridgehead atoms. The Labute approximate surface area is 127 Å². The van der Waals surface area contributed by atoms with Gasteiger partial charge in [0, 0.05) is 0 Å². The minimum Gasteiger partial charge on any atom is -0.448 e. The third-order valence-electron chi connectivity index (χ3n) is 2.72. The summed E-state index contributed by atoms with van der Waals surface area (Å²) in [5, 5.41) is -0.154. The summed E-state index contributed by atoms with van der Waals surface area (Å²) in [6, 6.07) is -0.176. The normalized spacial score (nSPS) is 13.6. The molecule has 1 rings (SSSR count). The van der Waals surface area contributed by atoms with Gasteiger partial charge in [0.2, 0.25) is 0 Å². The molecule has 0 radical (unpaired) electrons. The summed E-state index contributed by atoms with van der Waals surface area (Å²) in [7, 11) is 0.781. The maximum absolute atomic E-state index is 13.3. The van der Waals surface area contributed by atoms with E-state index in [1.807, 2.05) is 0 Å². The van der Waals surface area contributed by atoms with E-state index in [9.17, 15) is 31.1 Å². The number of hydrogen-bond acceptors (Lipinski definition) is 3. The lowest BCUT2D eigenvalue weighted by molar-refractivity contribution is -0.250. The Morgan fingerprint density at radius 3 is 2.26 bits per heavy atom. The number of alkyl halides is 6. The van der Waals surface area contributed by atoms with Gasteiger partial charge in [-0.1, -0.05) is 12.1 Å². The maximum Gasteiger partial charge on any atom is 0.434 e. The van der Waals surface area contributed by atoms with E-state index < -0.39 is 35.6 Å². The van der Waals surface area contributed by atoms with E-state index in [1.54, 1.807) is 0 Å². The van der Waals surface area contributed by atoms with Gasteiger partial charge in [-0.15, -0.1) is 0 Å². The molecule has 23 heavy (non-hydrogen) atoms. The van der Waals surface area contributed by atoms with Crippen LogP contribution in [0.4, 0.5) is 31.1 Å². The van der Waals surface area contributed by atoms with Gasteiger partial charge in [-0.3, -0.25) is 4.84 Å². The predicted molar refractivity (Wildman–Crippen MR) is 66.1 cm³/mol. The number of ether oxygens (including phenoxy) is 1. The van der Waals surface area contributed by atoms with Crippen LogP contribution in [0.2, 0.25) is 0 Å².